The number of carbonyl (C=O) groups excluding carboxylic acids is 1. The van der Waals surface area contributed by atoms with E-state index in [0.29, 0.717) is 40.3 Å². The van der Waals surface area contributed by atoms with Crippen LogP contribution in [0.5, 0.6) is 0 Å². The molecule has 1 fully saturated rings. The molecule has 4 rings (SSSR count). The van der Waals surface area contributed by atoms with Crippen molar-refractivity contribution >= 4 is 23.2 Å². The zero-order chi connectivity index (χ0) is 17.4. The first-order valence-electron chi connectivity index (χ1n) is 8.35. The first-order valence-corrected chi connectivity index (χ1v) is 8.73. The van der Waals surface area contributed by atoms with Gasteiger partial charge in [-0.15, -0.1) is 5.10 Å². The van der Waals surface area contributed by atoms with Crippen molar-refractivity contribution in [3.8, 4) is 5.69 Å². The topological polar surface area (TPSA) is 81.9 Å². The van der Waals surface area contributed by atoms with Crippen molar-refractivity contribution in [2.45, 2.75) is 38.5 Å². The Hall–Kier alpha value is -2.41. The molecule has 1 aromatic heterocycles. The van der Waals surface area contributed by atoms with Gasteiger partial charge in [0.2, 0.25) is 0 Å². The van der Waals surface area contributed by atoms with Crippen LogP contribution in [0.4, 0.5) is 5.69 Å². The summed E-state index contributed by atoms with van der Waals surface area (Å²) in [6.07, 6.45) is 3.74. The van der Waals surface area contributed by atoms with Gasteiger partial charge in [-0.25, -0.2) is 0 Å². The molecule has 0 unspecified atom stereocenters. The van der Waals surface area contributed by atoms with Gasteiger partial charge in [0, 0.05) is 11.6 Å². The fourth-order valence-electron chi connectivity index (χ4n) is 2.93. The number of anilines is 1. The highest BCUT2D eigenvalue weighted by atomic mass is 35.5. The number of amides is 1. The zero-order valence-corrected chi connectivity index (χ0v) is 14.6. The van der Waals surface area contributed by atoms with Gasteiger partial charge in [-0.05, 0) is 61.2 Å². The van der Waals surface area contributed by atoms with Crippen LogP contribution in [-0.4, -0.2) is 32.7 Å². The third kappa shape index (κ3) is 3.24. The second kappa shape index (κ2) is 6.48. The quantitative estimate of drug-likeness (QED) is 0.906. The molecule has 0 radical (unpaired) electrons. The summed E-state index contributed by atoms with van der Waals surface area (Å²) in [4.78, 5) is 12.5. The Morgan fingerprint density at radius 2 is 2.24 bits per heavy atom. The molecular formula is C17H18ClN5O2. The number of ether oxygens (including phenoxy) is 1. The first kappa shape index (κ1) is 16.1. The van der Waals surface area contributed by atoms with Crippen molar-refractivity contribution in [2.24, 2.45) is 0 Å². The molecule has 2 heterocycles. The number of halogens is 1. The summed E-state index contributed by atoms with van der Waals surface area (Å²) in [7, 11) is 0. The molecule has 0 spiro atoms. The minimum Gasteiger partial charge on any atom is -0.498 e. The standard InChI is InChI=1S/C17H18ClN5O2/c1-10-13(3-2-8-25-10)17(24)19-12-6-7-14(18)15(9-12)23-16(11-4-5-11)20-21-22-23/h6-7,9,11H,2-5,8H2,1H3,(H,19,24). The SMILES string of the molecule is CC1=C(C(=O)Nc2ccc(Cl)c(-n3nnnc3C3CC3)c2)CCCO1. The van der Waals surface area contributed by atoms with Crippen molar-refractivity contribution in [2.75, 3.05) is 11.9 Å². The molecule has 1 aliphatic heterocycles. The van der Waals surface area contributed by atoms with Gasteiger partial charge in [0.05, 0.1) is 22.9 Å². The van der Waals surface area contributed by atoms with Gasteiger partial charge in [-0.1, -0.05) is 11.6 Å². The maximum absolute atomic E-state index is 12.5. The number of tetrazole rings is 1. The molecule has 2 aromatic rings. The van der Waals surface area contributed by atoms with Gasteiger partial charge < -0.3 is 10.1 Å². The van der Waals surface area contributed by atoms with Crippen LogP contribution in [-0.2, 0) is 9.53 Å². The number of hydrogen-bond acceptors (Lipinski definition) is 5. The normalized spacial score (nSPS) is 17.4. The molecule has 1 aromatic carbocycles. The smallest absolute Gasteiger partial charge is 0.254 e. The molecule has 1 N–H and O–H groups in total. The highest BCUT2D eigenvalue weighted by Crippen LogP contribution is 2.40. The van der Waals surface area contributed by atoms with Crippen molar-refractivity contribution < 1.29 is 9.53 Å². The molecule has 1 amide bonds. The van der Waals surface area contributed by atoms with E-state index >= 15 is 0 Å². The van der Waals surface area contributed by atoms with E-state index in [1.807, 2.05) is 6.92 Å². The summed E-state index contributed by atoms with van der Waals surface area (Å²) in [5.41, 5.74) is 1.99. The molecule has 1 saturated carbocycles. The highest BCUT2D eigenvalue weighted by molar-refractivity contribution is 6.32. The summed E-state index contributed by atoms with van der Waals surface area (Å²) < 4.78 is 7.12. The van der Waals surface area contributed by atoms with Crippen LogP contribution < -0.4 is 5.32 Å². The first-order chi connectivity index (χ1) is 12.1. The van der Waals surface area contributed by atoms with Gasteiger partial charge >= 0.3 is 0 Å². The predicted molar refractivity (Wildman–Crippen MR) is 92.7 cm³/mol. The number of nitrogens with one attached hydrogen (secondary N) is 1. The Morgan fingerprint density at radius 1 is 1.40 bits per heavy atom. The van der Waals surface area contributed by atoms with E-state index in [1.54, 1.807) is 22.9 Å². The largest absolute Gasteiger partial charge is 0.498 e. The minimum atomic E-state index is -0.149. The number of rotatable bonds is 4. The van der Waals surface area contributed by atoms with Gasteiger partial charge in [0.25, 0.3) is 5.91 Å². The van der Waals surface area contributed by atoms with E-state index in [-0.39, 0.29) is 5.91 Å². The van der Waals surface area contributed by atoms with E-state index in [2.05, 4.69) is 20.8 Å². The predicted octanol–water partition coefficient (Wildman–Crippen LogP) is 3.22. The monoisotopic (exact) mass is 359 g/mol. The summed E-state index contributed by atoms with van der Waals surface area (Å²) in [6.45, 7) is 2.49. The maximum atomic E-state index is 12.5. The van der Waals surface area contributed by atoms with Gasteiger partial charge in [-0.2, -0.15) is 4.68 Å². The Labute approximate surface area is 150 Å². The van der Waals surface area contributed by atoms with E-state index in [0.717, 1.165) is 31.5 Å². The van der Waals surface area contributed by atoms with Crippen LogP contribution in [0.1, 0.15) is 44.3 Å². The van der Waals surface area contributed by atoms with Crippen LogP contribution in [0.25, 0.3) is 5.69 Å². The average Bonchev–Trinajstić information content (AvgIpc) is 3.34. The van der Waals surface area contributed by atoms with Crippen LogP contribution in [0.15, 0.2) is 29.5 Å². The number of hydrogen-bond donors (Lipinski definition) is 1. The van der Waals surface area contributed by atoms with Gasteiger partial charge in [0.1, 0.15) is 5.76 Å². The molecule has 1 aliphatic carbocycles. The van der Waals surface area contributed by atoms with E-state index in [4.69, 9.17) is 16.3 Å². The molecule has 7 nitrogen and oxygen atoms in total. The van der Waals surface area contributed by atoms with E-state index in [9.17, 15) is 4.79 Å². The van der Waals surface area contributed by atoms with Crippen LogP contribution in [0, 0.1) is 0 Å². The Balaban J connectivity index is 1.61. The molecule has 8 heteroatoms. The van der Waals surface area contributed by atoms with Crippen LogP contribution in [0.2, 0.25) is 5.02 Å². The van der Waals surface area contributed by atoms with Crippen LogP contribution >= 0.6 is 11.6 Å². The lowest BCUT2D eigenvalue weighted by atomic mass is 10.1. The minimum absolute atomic E-state index is 0.149. The Bertz CT molecular complexity index is 856. The second-order valence-electron chi connectivity index (χ2n) is 6.33. The van der Waals surface area contributed by atoms with Crippen molar-refractivity contribution in [1.82, 2.24) is 20.2 Å². The number of allylic oxidation sites excluding steroid dienone is 1. The van der Waals surface area contributed by atoms with Crippen molar-refractivity contribution in [1.29, 1.82) is 0 Å². The molecule has 25 heavy (non-hydrogen) atoms. The molecule has 2 aliphatic rings. The average molecular weight is 360 g/mol. The highest BCUT2D eigenvalue weighted by Gasteiger charge is 2.30. The second-order valence-corrected chi connectivity index (χ2v) is 6.74. The van der Waals surface area contributed by atoms with Gasteiger partial charge in [-0.3, -0.25) is 4.79 Å². The Morgan fingerprint density at radius 3 is 3.00 bits per heavy atom. The lowest BCUT2D eigenvalue weighted by Gasteiger charge is -2.18. The van der Waals surface area contributed by atoms with Crippen molar-refractivity contribution in [3.05, 3.63) is 40.4 Å². The van der Waals surface area contributed by atoms with Gasteiger partial charge in [0.15, 0.2) is 5.82 Å². The number of benzene rings is 1. The lowest BCUT2D eigenvalue weighted by molar-refractivity contribution is -0.113. The van der Waals surface area contributed by atoms with Crippen LogP contribution in [0.3, 0.4) is 0 Å². The van der Waals surface area contributed by atoms with E-state index < -0.39 is 0 Å². The van der Waals surface area contributed by atoms with E-state index in [1.165, 1.54) is 0 Å². The molecule has 0 bridgehead atoms. The number of carbonyl (C=O) groups is 1. The third-order valence-electron chi connectivity index (χ3n) is 4.46. The maximum Gasteiger partial charge on any atom is 0.254 e. The molecular weight excluding hydrogens is 342 g/mol. The third-order valence-corrected chi connectivity index (χ3v) is 4.78. The molecule has 130 valence electrons. The summed E-state index contributed by atoms with van der Waals surface area (Å²) in [6, 6.07) is 5.30. The lowest BCUT2D eigenvalue weighted by Crippen LogP contribution is -2.19. The van der Waals surface area contributed by atoms with Crippen molar-refractivity contribution in [3.63, 3.8) is 0 Å². The molecule has 0 atom stereocenters. The summed E-state index contributed by atoms with van der Waals surface area (Å²) in [5, 5.41) is 15.4. The number of aromatic nitrogens is 4. The fourth-order valence-corrected chi connectivity index (χ4v) is 3.13. The fraction of sp³-hybridized carbons (Fsp3) is 0.412. The Kier molecular flexibility index (Phi) is 4.17. The zero-order valence-electron chi connectivity index (χ0n) is 13.8. The number of nitrogens with zero attached hydrogens (tertiary/aromatic N) is 4. The summed E-state index contributed by atoms with van der Waals surface area (Å²) >= 11 is 6.33. The summed E-state index contributed by atoms with van der Waals surface area (Å²) in [5.74, 6) is 1.74. The molecule has 0 saturated heterocycles.